The minimum atomic E-state index is 0.215. The number of nitrogens with one attached hydrogen (secondary N) is 1. The highest BCUT2D eigenvalue weighted by molar-refractivity contribution is 5.79. The smallest absolute Gasteiger partial charge is 0.224 e. The molecule has 0 spiro atoms. The summed E-state index contributed by atoms with van der Waals surface area (Å²) < 4.78 is 2.12. The van der Waals surface area contributed by atoms with Crippen molar-refractivity contribution in [3.63, 3.8) is 0 Å². The van der Waals surface area contributed by atoms with Gasteiger partial charge in [0.1, 0.15) is 0 Å². The van der Waals surface area contributed by atoms with Gasteiger partial charge in [-0.2, -0.15) is 5.10 Å². The van der Waals surface area contributed by atoms with Gasteiger partial charge < -0.3 is 10.2 Å². The van der Waals surface area contributed by atoms with Crippen LogP contribution in [0.3, 0.4) is 0 Å². The summed E-state index contributed by atoms with van der Waals surface area (Å²) in [6.45, 7) is 6.85. The quantitative estimate of drug-likeness (QED) is 0.884. The van der Waals surface area contributed by atoms with Crippen molar-refractivity contribution in [1.82, 2.24) is 20.0 Å². The van der Waals surface area contributed by atoms with Crippen molar-refractivity contribution in [3.8, 4) is 0 Å². The number of carbonyl (C=O) groups is 1. The average Bonchev–Trinajstić information content (AvgIpc) is 3.02. The highest BCUT2D eigenvalue weighted by Gasteiger charge is 2.29. The fourth-order valence-electron chi connectivity index (χ4n) is 3.12. The molecule has 1 N–H and O–H groups in total. The van der Waals surface area contributed by atoms with Crippen molar-refractivity contribution < 1.29 is 4.79 Å². The summed E-state index contributed by atoms with van der Waals surface area (Å²) in [6, 6.07) is 2.69. The van der Waals surface area contributed by atoms with Gasteiger partial charge in [-0.3, -0.25) is 9.48 Å². The molecular weight excluding hydrogens is 240 g/mol. The molecule has 0 bridgehead atoms. The van der Waals surface area contributed by atoms with E-state index < -0.39 is 0 Å². The molecule has 2 aliphatic heterocycles. The Kier molecular flexibility index (Phi) is 3.31. The standard InChI is InChI=1S/C14H22N4O/c1-3-17-9-11(7-14(17)19)15-10(2)13-8-12-5-4-6-18(12)16-13/h8,10-11,15H,3-7,9H2,1-2H3. The van der Waals surface area contributed by atoms with Crippen LogP contribution in [0.5, 0.6) is 0 Å². The van der Waals surface area contributed by atoms with Gasteiger partial charge >= 0.3 is 0 Å². The summed E-state index contributed by atoms with van der Waals surface area (Å²) in [6.07, 6.45) is 2.98. The predicted molar refractivity (Wildman–Crippen MR) is 72.8 cm³/mol. The van der Waals surface area contributed by atoms with Crippen molar-refractivity contribution in [3.05, 3.63) is 17.5 Å². The number of hydrogen-bond acceptors (Lipinski definition) is 3. The zero-order valence-corrected chi connectivity index (χ0v) is 11.7. The first-order chi connectivity index (χ1) is 9.17. The highest BCUT2D eigenvalue weighted by atomic mass is 16.2. The average molecular weight is 262 g/mol. The van der Waals surface area contributed by atoms with Gasteiger partial charge in [-0.1, -0.05) is 0 Å². The predicted octanol–water partition coefficient (Wildman–Crippen LogP) is 1.10. The monoisotopic (exact) mass is 262 g/mol. The molecule has 1 aromatic rings. The summed E-state index contributed by atoms with van der Waals surface area (Å²) in [7, 11) is 0. The normalized spacial score (nSPS) is 24.0. The van der Waals surface area contributed by atoms with E-state index in [1.54, 1.807) is 0 Å². The summed E-state index contributed by atoms with van der Waals surface area (Å²) in [5, 5.41) is 8.19. The van der Waals surface area contributed by atoms with E-state index in [1.807, 2.05) is 11.8 Å². The molecule has 0 aliphatic carbocycles. The van der Waals surface area contributed by atoms with E-state index >= 15 is 0 Å². The number of aromatic nitrogens is 2. The molecule has 1 amide bonds. The molecule has 3 rings (SSSR count). The lowest BCUT2D eigenvalue weighted by Gasteiger charge is -2.18. The molecule has 2 aliphatic rings. The third-order valence-corrected chi connectivity index (χ3v) is 4.21. The lowest BCUT2D eigenvalue weighted by molar-refractivity contribution is -0.127. The third-order valence-electron chi connectivity index (χ3n) is 4.21. The molecule has 1 saturated heterocycles. The maximum Gasteiger partial charge on any atom is 0.224 e. The second-order valence-corrected chi connectivity index (χ2v) is 5.61. The fraction of sp³-hybridized carbons (Fsp3) is 0.714. The lowest BCUT2D eigenvalue weighted by Crippen LogP contribution is -2.34. The number of likely N-dealkylation sites (N-methyl/N-ethyl adjacent to an activating group) is 1. The van der Waals surface area contributed by atoms with E-state index in [0.29, 0.717) is 6.42 Å². The number of amides is 1. The Morgan fingerprint density at radius 1 is 1.58 bits per heavy atom. The lowest BCUT2D eigenvalue weighted by atomic mass is 10.1. The molecule has 0 radical (unpaired) electrons. The Balaban J connectivity index is 1.62. The Bertz CT molecular complexity index is 460. The zero-order valence-electron chi connectivity index (χ0n) is 11.7. The molecule has 0 aromatic carbocycles. The summed E-state index contributed by atoms with van der Waals surface area (Å²) >= 11 is 0. The fourth-order valence-corrected chi connectivity index (χ4v) is 3.12. The molecule has 5 nitrogen and oxygen atoms in total. The van der Waals surface area contributed by atoms with Crippen molar-refractivity contribution in [1.29, 1.82) is 0 Å². The van der Waals surface area contributed by atoms with Crippen LogP contribution in [0, 0.1) is 0 Å². The minimum absolute atomic E-state index is 0.215. The highest BCUT2D eigenvalue weighted by Crippen LogP contribution is 2.21. The van der Waals surface area contributed by atoms with Gasteiger partial charge in [0.15, 0.2) is 0 Å². The number of fused-ring (bicyclic) bond motifs is 1. The van der Waals surface area contributed by atoms with E-state index in [-0.39, 0.29) is 18.0 Å². The first kappa shape index (κ1) is 12.7. The molecule has 1 aromatic heterocycles. The minimum Gasteiger partial charge on any atom is -0.341 e. The van der Waals surface area contributed by atoms with E-state index in [1.165, 1.54) is 12.1 Å². The number of aryl methyl sites for hydroxylation is 2. The van der Waals surface area contributed by atoms with Crippen LogP contribution in [0.2, 0.25) is 0 Å². The Morgan fingerprint density at radius 2 is 2.42 bits per heavy atom. The van der Waals surface area contributed by atoms with Crippen LogP contribution in [0.1, 0.15) is 44.1 Å². The van der Waals surface area contributed by atoms with Gasteiger partial charge in [0, 0.05) is 43.8 Å². The van der Waals surface area contributed by atoms with Gasteiger partial charge in [0.2, 0.25) is 5.91 Å². The third kappa shape index (κ3) is 2.39. The maximum absolute atomic E-state index is 11.7. The zero-order chi connectivity index (χ0) is 13.4. The Hall–Kier alpha value is -1.36. The van der Waals surface area contributed by atoms with Crippen LogP contribution in [0.15, 0.2) is 6.07 Å². The molecule has 19 heavy (non-hydrogen) atoms. The molecule has 1 fully saturated rings. The molecule has 5 heteroatoms. The summed E-state index contributed by atoms with van der Waals surface area (Å²) in [5.74, 6) is 0.263. The van der Waals surface area contributed by atoms with Crippen molar-refractivity contribution in [2.24, 2.45) is 0 Å². The molecule has 3 heterocycles. The van der Waals surface area contributed by atoms with Crippen molar-refractivity contribution in [2.75, 3.05) is 13.1 Å². The first-order valence-corrected chi connectivity index (χ1v) is 7.28. The van der Waals surface area contributed by atoms with E-state index in [2.05, 4.69) is 28.1 Å². The molecule has 0 saturated carbocycles. The van der Waals surface area contributed by atoms with E-state index in [0.717, 1.165) is 31.7 Å². The van der Waals surface area contributed by atoms with Crippen LogP contribution >= 0.6 is 0 Å². The molecule has 2 atom stereocenters. The second-order valence-electron chi connectivity index (χ2n) is 5.61. The van der Waals surface area contributed by atoms with E-state index in [4.69, 9.17) is 0 Å². The van der Waals surface area contributed by atoms with E-state index in [9.17, 15) is 4.79 Å². The number of carbonyl (C=O) groups excluding carboxylic acids is 1. The molecule has 104 valence electrons. The topological polar surface area (TPSA) is 50.2 Å². The van der Waals surface area contributed by atoms with Crippen LogP contribution < -0.4 is 5.32 Å². The number of hydrogen-bond donors (Lipinski definition) is 1. The largest absolute Gasteiger partial charge is 0.341 e. The molecule has 2 unspecified atom stereocenters. The van der Waals surface area contributed by atoms with Gasteiger partial charge in [0.25, 0.3) is 0 Å². The van der Waals surface area contributed by atoms with Gasteiger partial charge in [-0.05, 0) is 32.8 Å². The Morgan fingerprint density at radius 3 is 3.11 bits per heavy atom. The van der Waals surface area contributed by atoms with Crippen LogP contribution in [0.25, 0.3) is 0 Å². The summed E-state index contributed by atoms with van der Waals surface area (Å²) in [4.78, 5) is 13.6. The Labute approximate surface area is 114 Å². The van der Waals surface area contributed by atoms with Gasteiger partial charge in [0.05, 0.1) is 5.69 Å². The molecular formula is C14H22N4O. The van der Waals surface area contributed by atoms with Crippen molar-refractivity contribution in [2.45, 2.75) is 51.7 Å². The van der Waals surface area contributed by atoms with Crippen LogP contribution in [-0.2, 0) is 17.8 Å². The van der Waals surface area contributed by atoms with Crippen LogP contribution in [0.4, 0.5) is 0 Å². The second kappa shape index (κ2) is 4.96. The number of nitrogens with zero attached hydrogens (tertiary/aromatic N) is 3. The number of rotatable bonds is 4. The van der Waals surface area contributed by atoms with Crippen LogP contribution in [-0.4, -0.2) is 39.7 Å². The number of likely N-dealkylation sites (tertiary alicyclic amines) is 1. The first-order valence-electron chi connectivity index (χ1n) is 7.28. The maximum atomic E-state index is 11.7. The van der Waals surface area contributed by atoms with Gasteiger partial charge in [-0.15, -0.1) is 0 Å². The SMILES string of the molecule is CCN1CC(NC(C)c2cc3n(n2)CCC3)CC1=O. The van der Waals surface area contributed by atoms with Crippen molar-refractivity contribution >= 4 is 5.91 Å². The van der Waals surface area contributed by atoms with Gasteiger partial charge in [-0.25, -0.2) is 0 Å². The summed E-state index contributed by atoms with van der Waals surface area (Å²) in [5.41, 5.74) is 2.46.